The van der Waals surface area contributed by atoms with Crippen LogP contribution in [0, 0.1) is 5.92 Å². The van der Waals surface area contributed by atoms with Gasteiger partial charge in [-0.2, -0.15) is 13.2 Å². The van der Waals surface area contributed by atoms with E-state index in [9.17, 15) is 26.4 Å². The average Bonchev–Trinajstić information content (AvgIpc) is 3.38. The number of aromatic amines is 1. The van der Waals surface area contributed by atoms with Crippen LogP contribution in [0.1, 0.15) is 42.6 Å². The molecule has 3 aromatic rings. The van der Waals surface area contributed by atoms with Crippen molar-refractivity contribution in [2.45, 2.75) is 42.5 Å². The van der Waals surface area contributed by atoms with Gasteiger partial charge in [0.1, 0.15) is 5.82 Å². The number of piperidine rings is 1. The van der Waals surface area contributed by atoms with Gasteiger partial charge in [-0.05, 0) is 56.9 Å². The number of sulfone groups is 1. The summed E-state index contributed by atoms with van der Waals surface area (Å²) >= 11 is 0. The van der Waals surface area contributed by atoms with Crippen LogP contribution in [0.15, 0.2) is 65.8 Å². The summed E-state index contributed by atoms with van der Waals surface area (Å²) in [5, 5.41) is 0. The Kier molecular flexibility index (Phi) is 6.52. The van der Waals surface area contributed by atoms with Crippen molar-refractivity contribution in [1.29, 1.82) is 0 Å². The Balaban J connectivity index is 1.51. The molecule has 2 aromatic carbocycles. The van der Waals surface area contributed by atoms with E-state index in [0.717, 1.165) is 12.1 Å². The van der Waals surface area contributed by atoms with Crippen LogP contribution in [0.25, 0.3) is 11.4 Å². The molecule has 0 radical (unpaired) electrons. The second-order valence-corrected chi connectivity index (χ2v) is 11.7. The topological polar surface area (TPSA) is 83.1 Å². The molecular weight excluding hydrogens is 479 g/mol. The molecule has 1 fully saturated rings. The normalized spacial score (nSPS) is 15.9. The van der Waals surface area contributed by atoms with Crippen molar-refractivity contribution in [3.63, 3.8) is 0 Å². The summed E-state index contributed by atoms with van der Waals surface area (Å²) in [6, 6.07) is 11.0. The highest BCUT2D eigenvalue weighted by Gasteiger charge is 2.45. The Hall–Kier alpha value is -3.14. The van der Waals surface area contributed by atoms with E-state index in [1.165, 1.54) is 6.07 Å². The highest BCUT2D eigenvalue weighted by Crippen LogP contribution is 2.40. The fourth-order valence-electron chi connectivity index (χ4n) is 4.60. The second-order valence-electron chi connectivity index (χ2n) is 9.18. The third-order valence-electron chi connectivity index (χ3n) is 6.84. The van der Waals surface area contributed by atoms with Crippen molar-refractivity contribution >= 4 is 15.7 Å². The number of carbonyl (C=O) groups excluding carboxylic acids is 1. The Morgan fingerprint density at radius 2 is 1.74 bits per heavy atom. The predicted molar refractivity (Wildman–Crippen MR) is 125 cm³/mol. The SMILES string of the molecule is CC(C)(C1CCN(C(=O)c2ccccc2-c2ncc[nH]2)CC1)S(=O)(=O)c1cccc(C(F)(F)F)c1. The van der Waals surface area contributed by atoms with E-state index in [4.69, 9.17) is 0 Å². The monoisotopic (exact) mass is 505 g/mol. The van der Waals surface area contributed by atoms with Gasteiger partial charge in [0.15, 0.2) is 9.84 Å². The van der Waals surface area contributed by atoms with Crippen molar-refractivity contribution in [3.05, 3.63) is 72.1 Å². The zero-order valence-corrected chi connectivity index (χ0v) is 20.2. The van der Waals surface area contributed by atoms with Crippen molar-refractivity contribution in [2.24, 2.45) is 5.92 Å². The molecule has 1 N–H and O–H groups in total. The van der Waals surface area contributed by atoms with Gasteiger partial charge in [0, 0.05) is 31.0 Å². The first-order chi connectivity index (χ1) is 16.4. The molecule has 0 bridgehead atoms. The summed E-state index contributed by atoms with van der Waals surface area (Å²) < 4.78 is 64.9. The summed E-state index contributed by atoms with van der Waals surface area (Å²) in [7, 11) is -4.06. The molecule has 35 heavy (non-hydrogen) atoms. The van der Waals surface area contributed by atoms with Crippen LogP contribution < -0.4 is 0 Å². The zero-order chi connectivity index (χ0) is 25.4. The molecule has 0 saturated carbocycles. The number of alkyl halides is 3. The lowest BCUT2D eigenvalue weighted by Crippen LogP contribution is -2.47. The highest BCUT2D eigenvalue weighted by atomic mass is 32.2. The number of likely N-dealkylation sites (tertiary alicyclic amines) is 1. The van der Waals surface area contributed by atoms with Crippen LogP contribution in [-0.4, -0.2) is 47.0 Å². The molecule has 0 aliphatic carbocycles. The predicted octanol–water partition coefficient (Wildman–Crippen LogP) is 5.20. The third-order valence-corrected chi connectivity index (χ3v) is 9.43. The van der Waals surface area contributed by atoms with E-state index in [1.54, 1.807) is 43.3 Å². The second kappa shape index (κ2) is 9.14. The number of hydrogen-bond acceptors (Lipinski definition) is 4. The number of rotatable bonds is 5. The Morgan fingerprint density at radius 1 is 1.06 bits per heavy atom. The molecule has 1 aliphatic heterocycles. The first kappa shape index (κ1) is 25.0. The number of hydrogen-bond donors (Lipinski definition) is 1. The van der Waals surface area contributed by atoms with Gasteiger partial charge < -0.3 is 9.88 Å². The number of halogens is 3. The van der Waals surface area contributed by atoms with Gasteiger partial charge in [-0.1, -0.05) is 24.3 Å². The molecule has 2 heterocycles. The maximum absolute atomic E-state index is 13.4. The standard InChI is InChI=1S/C25H26F3N3O3S/c1-24(2,35(33,34)19-7-5-6-18(16-19)25(26,27)28)17-10-14-31(15-11-17)23(32)21-9-4-3-8-20(21)22-29-12-13-30-22/h3-9,12-13,16-17H,10-11,14-15H2,1-2H3,(H,29,30). The molecule has 1 aliphatic rings. The summed E-state index contributed by atoms with van der Waals surface area (Å²) in [4.78, 5) is 21.9. The van der Waals surface area contributed by atoms with Crippen LogP contribution in [0.5, 0.6) is 0 Å². The average molecular weight is 506 g/mol. The quantitative estimate of drug-likeness (QED) is 0.517. The van der Waals surface area contributed by atoms with Gasteiger partial charge in [0.25, 0.3) is 5.91 Å². The van der Waals surface area contributed by atoms with E-state index >= 15 is 0 Å². The zero-order valence-electron chi connectivity index (χ0n) is 19.3. The van der Waals surface area contributed by atoms with Gasteiger partial charge in [0.05, 0.1) is 20.8 Å². The van der Waals surface area contributed by atoms with Gasteiger partial charge in [-0.3, -0.25) is 4.79 Å². The molecule has 10 heteroatoms. The molecule has 4 rings (SSSR count). The number of carbonyl (C=O) groups is 1. The van der Waals surface area contributed by atoms with Crippen LogP contribution in [0.4, 0.5) is 13.2 Å². The number of aromatic nitrogens is 2. The van der Waals surface area contributed by atoms with Crippen LogP contribution in [0.2, 0.25) is 0 Å². The number of nitrogens with zero attached hydrogens (tertiary/aromatic N) is 2. The number of benzene rings is 2. The summed E-state index contributed by atoms with van der Waals surface area (Å²) in [5.41, 5.74) is 0.179. The van der Waals surface area contributed by atoms with Crippen LogP contribution in [-0.2, 0) is 16.0 Å². The Bertz CT molecular complexity index is 1310. The van der Waals surface area contributed by atoms with Gasteiger partial charge >= 0.3 is 6.18 Å². The molecule has 1 saturated heterocycles. The molecule has 0 unspecified atom stereocenters. The minimum absolute atomic E-state index is 0.172. The lowest BCUT2D eigenvalue weighted by Gasteiger charge is -2.40. The van der Waals surface area contributed by atoms with Crippen LogP contribution >= 0.6 is 0 Å². The first-order valence-corrected chi connectivity index (χ1v) is 12.7. The number of amides is 1. The lowest BCUT2D eigenvalue weighted by molar-refractivity contribution is -0.137. The van der Waals surface area contributed by atoms with E-state index in [-0.39, 0.29) is 16.7 Å². The first-order valence-electron chi connectivity index (χ1n) is 11.2. The Labute approximate surface area is 202 Å². The molecule has 0 spiro atoms. The van der Waals surface area contributed by atoms with E-state index in [0.29, 0.717) is 48.9 Å². The maximum Gasteiger partial charge on any atom is 0.416 e. The minimum atomic E-state index is -4.63. The number of nitrogens with one attached hydrogen (secondary N) is 1. The van der Waals surface area contributed by atoms with E-state index < -0.39 is 26.3 Å². The molecule has 1 aromatic heterocycles. The molecule has 0 atom stereocenters. The van der Waals surface area contributed by atoms with Crippen molar-refractivity contribution < 1.29 is 26.4 Å². The number of H-pyrrole nitrogens is 1. The third kappa shape index (κ3) is 4.71. The maximum atomic E-state index is 13.4. The molecule has 186 valence electrons. The van der Waals surface area contributed by atoms with E-state index in [2.05, 4.69) is 9.97 Å². The number of imidazole rings is 1. The van der Waals surface area contributed by atoms with Crippen LogP contribution in [0.3, 0.4) is 0 Å². The summed E-state index contributed by atoms with van der Waals surface area (Å²) in [6.45, 7) is 3.79. The van der Waals surface area contributed by atoms with Crippen molar-refractivity contribution in [3.8, 4) is 11.4 Å². The fraction of sp³-hybridized carbons (Fsp3) is 0.360. The van der Waals surface area contributed by atoms with Gasteiger partial charge in [-0.15, -0.1) is 0 Å². The molecule has 6 nitrogen and oxygen atoms in total. The Morgan fingerprint density at radius 3 is 2.37 bits per heavy atom. The minimum Gasteiger partial charge on any atom is -0.345 e. The largest absolute Gasteiger partial charge is 0.416 e. The fourth-order valence-corrected chi connectivity index (χ4v) is 6.42. The summed E-state index contributed by atoms with van der Waals surface area (Å²) in [6.07, 6.45) is -0.517. The highest BCUT2D eigenvalue weighted by molar-refractivity contribution is 7.92. The van der Waals surface area contributed by atoms with E-state index in [1.807, 2.05) is 12.1 Å². The van der Waals surface area contributed by atoms with Gasteiger partial charge in [0.2, 0.25) is 0 Å². The molecule has 1 amide bonds. The smallest absolute Gasteiger partial charge is 0.345 e. The lowest BCUT2D eigenvalue weighted by atomic mass is 9.85. The van der Waals surface area contributed by atoms with Crippen molar-refractivity contribution in [1.82, 2.24) is 14.9 Å². The van der Waals surface area contributed by atoms with Crippen molar-refractivity contribution in [2.75, 3.05) is 13.1 Å². The van der Waals surface area contributed by atoms with Gasteiger partial charge in [-0.25, -0.2) is 13.4 Å². The summed E-state index contributed by atoms with van der Waals surface area (Å²) in [5.74, 6) is 0.0811. The molecular formula is C25H26F3N3O3S.